The maximum absolute atomic E-state index is 14.7. The maximum Gasteiger partial charge on any atom is 0.233 e. The first-order valence-electron chi connectivity index (χ1n) is 10.3. The molecule has 3 aromatic rings. The van der Waals surface area contributed by atoms with E-state index in [1.165, 1.54) is 0 Å². The molecule has 5 rings (SSSR count). The van der Waals surface area contributed by atoms with Crippen LogP contribution in [0, 0.1) is 0 Å². The zero-order valence-electron chi connectivity index (χ0n) is 16.7. The summed E-state index contributed by atoms with van der Waals surface area (Å²) >= 11 is 0. The molecule has 0 saturated carbocycles. The van der Waals surface area contributed by atoms with Crippen molar-refractivity contribution in [3.05, 3.63) is 42.7 Å². The summed E-state index contributed by atoms with van der Waals surface area (Å²) in [6.45, 7) is 0. The van der Waals surface area contributed by atoms with Crippen molar-refractivity contribution in [2.24, 2.45) is 7.05 Å². The SMILES string of the molecule is Cn1cc(-c2ccc(-c3ccc(O[C@H]4C[C@H]5CCC[C@H](N5)[C@@H]4F)nn3)c(O)c2)cn1. The summed E-state index contributed by atoms with van der Waals surface area (Å²) in [5.74, 6) is 0.409. The van der Waals surface area contributed by atoms with Gasteiger partial charge in [-0.25, -0.2) is 4.39 Å². The number of aromatic nitrogens is 4. The van der Waals surface area contributed by atoms with Crippen molar-refractivity contribution < 1.29 is 14.2 Å². The van der Waals surface area contributed by atoms with Gasteiger partial charge >= 0.3 is 0 Å². The molecule has 2 bridgehead atoms. The molecule has 0 amide bonds. The maximum atomic E-state index is 14.7. The van der Waals surface area contributed by atoms with E-state index in [1.54, 1.807) is 35.1 Å². The molecule has 1 aromatic carbocycles. The molecule has 8 heteroatoms. The molecular weight excluding hydrogens is 385 g/mol. The first kappa shape index (κ1) is 19.0. The molecule has 4 heterocycles. The highest BCUT2D eigenvalue weighted by atomic mass is 19.1. The van der Waals surface area contributed by atoms with Crippen LogP contribution in [-0.4, -0.2) is 49.4 Å². The van der Waals surface area contributed by atoms with Gasteiger partial charge in [-0.1, -0.05) is 12.5 Å². The van der Waals surface area contributed by atoms with Gasteiger partial charge in [0.1, 0.15) is 11.9 Å². The summed E-state index contributed by atoms with van der Waals surface area (Å²) in [7, 11) is 1.85. The van der Waals surface area contributed by atoms with Crippen LogP contribution in [-0.2, 0) is 7.05 Å². The summed E-state index contributed by atoms with van der Waals surface area (Å²) in [6.07, 6.45) is 5.67. The third-order valence-electron chi connectivity index (χ3n) is 6.00. The van der Waals surface area contributed by atoms with E-state index >= 15 is 0 Å². The lowest BCUT2D eigenvalue weighted by molar-refractivity contribution is 0.00652. The first-order valence-corrected chi connectivity index (χ1v) is 10.3. The van der Waals surface area contributed by atoms with Crippen LogP contribution in [0.1, 0.15) is 25.7 Å². The molecule has 2 aliphatic rings. The number of piperidine rings is 2. The summed E-state index contributed by atoms with van der Waals surface area (Å²) in [5.41, 5.74) is 2.88. The van der Waals surface area contributed by atoms with Gasteiger partial charge in [0, 0.05) is 48.9 Å². The number of phenolic OH excluding ortho intramolecular Hbond substituents is 1. The van der Waals surface area contributed by atoms with E-state index in [2.05, 4.69) is 20.6 Å². The lowest BCUT2D eigenvalue weighted by Crippen LogP contribution is -2.59. The predicted octanol–water partition coefficient (Wildman–Crippen LogP) is 3.25. The first-order chi connectivity index (χ1) is 14.6. The van der Waals surface area contributed by atoms with E-state index in [0.29, 0.717) is 29.6 Å². The van der Waals surface area contributed by atoms with Gasteiger partial charge in [0.15, 0.2) is 6.17 Å². The van der Waals surface area contributed by atoms with Gasteiger partial charge in [0.2, 0.25) is 5.88 Å². The average molecular weight is 409 g/mol. The lowest BCUT2D eigenvalue weighted by atomic mass is 9.84. The number of phenols is 1. The highest BCUT2D eigenvalue weighted by Crippen LogP contribution is 2.33. The number of halogens is 1. The Labute approximate surface area is 173 Å². The fourth-order valence-corrected chi connectivity index (χ4v) is 4.45. The molecule has 0 radical (unpaired) electrons. The van der Waals surface area contributed by atoms with Gasteiger partial charge < -0.3 is 15.2 Å². The number of ether oxygens (including phenoxy) is 1. The molecule has 0 unspecified atom stereocenters. The van der Waals surface area contributed by atoms with Crippen molar-refractivity contribution in [1.82, 2.24) is 25.3 Å². The van der Waals surface area contributed by atoms with Gasteiger partial charge in [-0.3, -0.25) is 4.68 Å². The Kier molecular flexibility index (Phi) is 4.86. The van der Waals surface area contributed by atoms with Crippen molar-refractivity contribution >= 4 is 0 Å². The van der Waals surface area contributed by atoms with Crippen LogP contribution < -0.4 is 10.1 Å². The number of nitrogens with one attached hydrogen (secondary N) is 1. The number of fused-ring (bicyclic) bond motifs is 2. The summed E-state index contributed by atoms with van der Waals surface area (Å²) in [6, 6.07) is 8.97. The Hall–Kier alpha value is -3.00. The number of benzene rings is 1. The molecule has 2 aromatic heterocycles. The second kappa shape index (κ2) is 7.68. The number of alkyl halides is 1. The average Bonchev–Trinajstić information content (AvgIpc) is 3.19. The van der Waals surface area contributed by atoms with Crippen LogP contribution in [0.25, 0.3) is 22.4 Å². The van der Waals surface area contributed by atoms with E-state index in [1.807, 2.05) is 19.3 Å². The van der Waals surface area contributed by atoms with E-state index in [0.717, 1.165) is 30.4 Å². The molecule has 30 heavy (non-hydrogen) atoms. The Bertz CT molecular complexity index is 1040. The highest BCUT2D eigenvalue weighted by molar-refractivity contribution is 5.73. The fraction of sp³-hybridized carbons (Fsp3) is 0.409. The molecular formula is C22H24FN5O2. The van der Waals surface area contributed by atoms with Crippen molar-refractivity contribution in [2.75, 3.05) is 0 Å². The minimum absolute atomic E-state index is 0.106. The molecule has 2 aliphatic heterocycles. The van der Waals surface area contributed by atoms with Crippen LogP contribution in [0.2, 0.25) is 0 Å². The quantitative estimate of drug-likeness (QED) is 0.688. The monoisotopic (exact) mass is 409 g/mol. The lowest BCUT2D eigenvalue weighted by Gasteiger charge is -2.42. The third kappa shape index (κ3) is 3.63. The molecule has 2 N–H and O–H groups in total. The third-order valence-corrected chi connectivity index (χ3v) is 6.00. The normalized spacial score (nSPS) is 25.8. The topological polar surface area (TPSA) is 85.1 Å². The van der Waals surface area contributed by atoms with Crippen molar-refractivity contribution in [3.8, 4) is 34.0 Å². The molecule has 2 saturated heterocycles. The smallest absolute Gasteiger partial charge is 0.233 e. The minimum Gasteiger partial charge on any atom is -0.507 e. The van der Waals surface area contributed by atoms with Crippen LogP contribution in [0.5, 0.6) is 11.6 Å². The number of aromatic hydroxyl groups is 1. The van der Waals surface area contributed by atoms with Crippen LogP contribution >= 0.6 is 0 Å². The Morgan fingerprint density at radius 1 is 1.17 bits per heavy atom. The van der Waals surface area contributed by atoms with Crippen molar-refractivity contribution in [2.45, 2.75) is 50.0 Å². The number of aryl methyl sites for hydroxylation is 1. The zero-order valence-corrected chi connectivity index (χ0v) is 16.7. The number of hydrogen-bond acceptors (Lipinski definition) is 6. The molecule has 0 aliphatic carbocycles. The predicted molar refractivity (Wildman–Crippen MR) is 110 cm³/mol. The number of hydrogen-bond donors (Lipinski definition) is 2. The van der Waals surface area contributed by atoms with Gasteiger partial charge in [0.05, 0.1) is 11.9 Å². The van der Waals surface area contributed by atoms with Crippen molar-refractivity contribution in [3.63, 3.8) is 0 Å². The number of rotatable bonds is 4. The Morgan fingerprint density at radius 2 is 2.07 bits per heavy atom. The molecule has 0 spiro atoms. The standard InChI is InChI=1S/C22H24FN5O2/c1-28-12-14(11-24-28)13-5-6-16(19(29)9-13)17-7-8-21(27-26-17)30-20-10-15-3-2-4-18(25-15)22(20)23/h5-9,11-12,15,18,20,22,25,29H,2-4,10H2,1H3/t15-,18+,20+,22+/m1/s1. The largest absolute Gasteiger partial charge is 0.507 e. The van der Waals surface area contributed by atoms with E-state index in [-0.39, 0.29) is 11.8 Å². The molecule has 4 atom stereocenters. The summed E-state index contributed by atoms with van der Waals surface area (Å²) < 4.78 is 22.3. The van der Waals surface area contributed by atoms with Crippen LogP contribution in [0.15, 0.2) is 42.7 Å². The molecule has 156 valence electrons. The van der Waals surface area contributed by atoms with Gasteiger partial charge in [-0.2, -0.15) is 5.10 Å². The van der Waals surface area contributed by atoms with Crippen LogP contribution in [0.3, 0.4) is 0 Å². The van der Waals surface area contributed by atoms with Crippen LogP contribution in [0.4, 0.5) is 4.39 Å². The van der Waals surface area contributed by atoms with Crippen molar-refractivity contribution in [1.29, 1.82) is 0 Å². The van der Waals surface area contributed by atoms with Gasteiger partial charge in [-0.05, 0) is 36.6 Å². The number of nitrogens with zero attached hydrogens (tertiary/aromatic N) is 4. The minimum atomic E-state index is -1.05. The fourth-order valence-electron chi connectivity index (χ4n) is 4.45. The highest BCUT2D eigenvalue weighted by Gasteiger charge is 2.41. The second-order valence-electron chi connectivity index (χ2n) is 8.13. The zero-order chi connectivity index (χ0) is 20.7. The van der Waals surface area contributed by atoms with Gasteiger partial charge in [0.25, 0.3) is 0 Å². The van der Waals surface area contributed by atoms with E-state index in [9.17, 15) is 9.50 Å². The Morgan fingerprint density at radius 3 is 2.80 bits per heavy atom. The molecule has 2 fully saturated rings. The summed E-state index contributed by atoms with van der Waals surface area (Å²) in [5, 5.41) is 26.3. The van der Waals surface area contributed by atoms with Gasteiger partial charge in [-0.15, -0.1) is 10.2 Å². The Balaban J connectivity index is 1.31. The second-order valence-corrected chi connectivity index (χ2v) is 8.13. The van der Waals surface area contributed by atoms with E-state index < -0.39 is 12.3 Å². The van der Waals surface area contributed by atoms with E-state index in [4.69, 9.17) is 4.74 Å². The summed E-state index contributed by atoms with van der Waals surface area (Å²) in [4.78, 5) is 0. The molecule has 7 nitrogen and oxygen atoms in total.